The fraction of sp³-hybridized carbons (Fsp3) is 0.0968. The highest BCUT2D eigenvalue weighted by molar-refractivity contribution is 9.10. The van der Waals surface area contributed by atoms with Crippen LogP contribution >= 0.6 is 15.9 Å². The van der Waals surface area contributed by atoms with Crippen LogP contribution in [0.25, 0.3) is 39.1 Å². The zero-order valence-corrected chi connectivity index (χ0v) is 23.5. The van der Waals surface area contributed by atoms with Crippen molar-refractivity contribution in [2.75, 3.05) is 7.11 Å². The largest absolute Gasteiger partial charge is 0.465 e. The second kappa shape index (κ2) is 10.1. The van der Waals surface area contributed by atoms with Crippen molar-refractivity contribution < 1.29 is 13.9 Å². The van der Waals surface area contributed by atoms with Gasteiger partial charge < -0.3 is 13.7 Å². The Hall–Kier alpha value is -4.76. The van der Waals surface area contributed by atoms with Crippen molar-refractivity contribution >= 4 is 50.0 Å². The standard InChI is InChI=1S/C31H23BrN4O4/c1-18-14-22(19(2)35(18)24-11-8-20(9-12-24)31(38)39-3)17-33-36-29(34-26-7-5-4-6-25(26)30(36)37)28-16-21-15-23(32)10-13-27(21)40-28/h4-17H,1-3H3. The molecule has 3 heterocycles. The average molecular weight is 595 g/mol. The summed E-state index contributed by atoms with van der Waals surface area (Å²) in [6, 6.07) is 23.9. The predicted molar refractivity (Wildman–Crippen MR) is 158 cm³/mol. The van der Waals surface area contributed by atoms with E-state index in [1.54, 1.807) is 36.5 Å². The first-order valence-corrected chi connectivity index (χ1v) is 13.3. The molecular formula is C31H23BrN4O4. The molecule has 0 bridgehead atoms. The highest BCUT2D eigenvalue weighted by Gasteiger charge is 2.17. The number of esters is 1. The Morgan fingerprint density at radius 3 is 2.58 bits per heavy atom. The summed E-state index contributed by atoms with van der Waals surface area (Å²) in [6.07, 6.45) is 1.66. The van der Waals surface area contributed by atoms with Crippen LogP contribution in [0.15, 0.2) is 97.6 Å². The Morgan fingerprint density at radius 2 is 1.80 bits per heavy atom. The predicted octanol–water partition coefficient (Wildman–Crippen LogP) is 6.65. The molecule has 0 spiro atoms. The number of hydrogen-bond acceptors (Lipinski definition) is 6. The third-order valence-electron chi connectivity index (χ3n) is 6.78. The van der Waals surface area contributed by atoms with Crippen molar-refractivity contribution in [2.24, 2.45) is 5.10 Å². The van der Waals surface area contributed by atoms with Gasteiger partial charge in [0.05, 0.1) is 29.8 Å². The maximum absolute atomic E-state index is 13.6. The lowest BCUT2D eigenvalue weighted by Gasteiger charge is -2.10. The minimum absolute atomic E-state index is 0.300. The van der Waals surface area contributed by atoms with Crippen LogP contribution in [0, 0.1) is 13.8 Å². The topological polar surface area (TPSA) is 91.6 Å². The highest BCUT2D eigenvalue weighted by Crippen LogP contribution is 2.29. The summed E-state index contributed by atoms with van der Waals surface area (Å²) in [7, 11) is 1.36. The first-order chi connectivity index (χ1) is 19.3. The Labute approximate surface area is 237 Å². The van der Waals surface area contributed by atoms with E-state index >= 15 is 0 Å². The van der Waals surface area contributed by atoms with Crippen LogP contribution in [0.2, 0.25) is 0 Å². The molecule has 0 saturated carbocycles. The normalized spacial score (nSPS) is 11.6. The Morgan fingerprint density at radius 1 is 1.02 bits per heavy atom. The fourth-order valence-corrected chi connectivity index (χ4v) is 5.19. The molecule has 0 aliphatic heterocycles. The van der Waals surface area contributed by atoms with E-state index in [1.165, 1.54) is 11.8 Å². The van der Waals surface area contributed by atoms with Gasteiger partial charge in [-0.25, -0.2) is 9.78 Å². The smallest absolute Gasteiger partial charge is 0.337 e. The van der Waals surface area contributed by atoms with E-state index < -0.39 is 0 Å². The van der Waals surface area contributed by atoms with Crippen LogP contribution in [-0.2, 0) is 4.74 Å². The third-order valence-corrected chi connectivity index (χ3v) is 7.27. The summed E-state index contributed by atoms with van der Waals surface area (Å²) >= 11 is 3.49. The number of para-hydroxylation sites is 1. The molecule has 0 fully saturated rings. The summed E-state index contributed by atoms with van der Waals surface area (Å²) in [5.74, 6) is 0.353. The molecule has 40 heavy (non-hydrogen) atoms. The number of aromatic nitrogens is 3. The van der Waals surface area contributed by atoms with Crippen LogP contribution in [0.1, 0.15) is 27.3 Å². The van der Waals surface area contributed by atoms with Gasteiger partial charge in [0.25, 0.3) is 5.56 Å². The highest BCUT2D eigenvalue weighted by atomic mass is 79.9. The third kappa shape index (κ3) is 4.44. The van der Waals surface area contributed by atoms with Crippen molar-refractivity contribution in [3.05, 3.63) is 116 Å². The monoisotopic (exact) mass is 594 g/mol. The van der Waals surface area contributed by atoms with E-state index in [0.29, 0.717) is 33.6 Å². The van der Waals surface area contributed by atoms with Gasteiger partial charge in [-0.3, -0.25) is 4.79 Å². The van der Waals surface area contributed by atoms with E-state index in [4.69, 9.17) is 14.1 Å². The Balaban J connectivity index is 1.46. The molecule has 0 N–H and O–H groups in total. The first-order valence-electron chi connectivity index (χ1n) is 12.5. The van der Waals surface area contributed by atoms with Crippen LogP contribution < -0.4 is 5.56 Å². The second-order valence-electron chi connectivity index (χ2n) is 9.31. The number of methoxy groups -OCH3 is 1. The SMILES string of the molecule is COC(=O)c1ccc(-n2c(C)cc(C=Nn3c(-c4cc5cc(Br)ccc5o4)nc4ccccc4c3=O)c2C)cc1. The van der Waals surface area contributed by atoms with Crippen LogP contribution in [0.3, 0.4) is 0 Å². The minimum Gasteiger partial charge on any atom is -0.465 e. The molecule has 6 rings (SSSR count). The van der Waals surface area contributed by atoms with Crippen LogP contribution in [0.5, 0.6) is 0 Å². The van der Waals surface area contributed by atoms with Gasteiger partial charge in [-0.2, -0.15) is 9.78 Å². The molecule has 8 nitrogen and oxygen atoms in total. The number of carbonyl (C=O) groups is 1. The van der Waals surface area contributed by atoms with E-state index in [1.807, 2.05) is 62.4 Å². The number of ether oxygens (including phenoxy) is 1. The van der Waals surface area contributed by atoms with Gasteiger partial charge in [0.15, 0.2) is 5.76 Å². The number of nitrogens with zero attached hydrogens (tertiary/aromatic N) is 4. The number of furan rings is 1. The molecule has 0 aliphatic rings. The van der Waals surface area contributed by atoms with Crippen molar-refractivity contribution in [1.82, 2.24) is 14.2 Å². The summed E-state index contributed by atoms with van der Waals surface area (Å²) in [6.45, 7) is 3.96. The zero-order valence-electron chi connectivity index (χ0n) is 21.9. The van der Waals surface area contributed by atoms with Gasteiger partial charge >= 0.3 is 5.97 Å². The quantitative estimate of drug-likeness (QED) is 0.165. The van der Waals surface area contributed by atoms with Crippen molar-refractivity contribution in [2.45, 2.75) is 13.8 Å². The zero-order chi connectivity index (χ0) is 28.0. The Bertz CT molecular complexity index is 2020. The molecule has 0 atom stereocenters. The van der Waals surface area contributed by atoms with Crippen LogP contribution in [0.4, 0.5) is 0 Å². The fourth-order valence-electron chi connectivity index (χ4n) is 4.81. The van der Waals surface area contributed by atoms with Crippen molar-refractivity contribution in [3.63, 3.8) is 0 Å². The number of halogens is 1. The second-order valence-corrected chi connectivity index (χ2v) is 10.2. The number of rotatable bonds is 5. The molecule has 0 aliphatic carbocycles. The lowest BCUT2D eigenvalue weighted by Crippen LogP contribution is -2.20. The summed E-state index contributed by atoms with van der Waals surface area (Å²) in [5, 5.41) is 5.96. The molecule has 3 aromatic carbocycles. The minimum atomic E-state index is -0.386. The van der Waals surface area contributed by atoms with Gasteiger partial charge in [-0.1, -0.05) is 28.1 Å². The molecule has 0 radical (unpaired) electrons. The number of benzene rings is 3. The number of hydrogen-bond donors (Lipinski definition) is 0. The van der Waals surface area contributed by atoms with Gasteiger partial charge in [0, 0.05) is 32.5 Å². The summed E-state index contributed by atoms with van der Waals surface area (Å²) in [5.41, 5.74) is 5.02. The van der Waals surface area contributed by atoms with E-state index in [-0.39, 0.29) is 11.5 Å². The number of carbonyl (C=O) groups excluding carboxylic acids is 1. The van der Waals surface area contributed by atoms with E-state index in [2.05, 4.69) is 25.6 Å². The maximum Gasteiger partial charge on any atom is 0.337 e. The molecule has 6 aromatic rings. The first kappa shape index (κ1) is 25.5. The number of fused-ring (bicyclic) bond motifs is 2. The number of aryl methyl sites for hydroxylation is 1. The van der Waals surface area contributed by atoms with Crippen molar-refractivity contribution in [1.29, 1.82) is 0 Å². The van der Waals surface area contributed by atoms with E-state index in [9.17, 15) is 9.59 Å². The molecule has 0 amide bonds. The average Bonchev–Trinajstić information content (AvgIpc) is 3.51. The lowest BCUT2D eigenvalue weighted by molar-refractivity contribution is 0.0600. The molecule has 9 heteroatoms. The van der Waals surface area contributed by atoms with E-state index in [0.717, 1.165) is 32.5 Å². The molecule has 198 valence electrons. The summed E-state index contributed by atoms with van der Waals surface area (Å²) in [4.78, 5) is 30.2. The van der Waals surface area contributed by atoms with Crippen LogP contribution in [-0.4, -0.2) is 33.5 Å². The van der Waals surface area contributed by atoms with Gasteiger partial charge in [-0.15, -0.1) is 0 Å². The molecule has 0 saturated heterocycles. The van der Waals surface area contributed by atoms with Gasteiger partial charge in [0.2, 0.25) is 5.82 Å². The lowest BCUT2D eigenvalue weighted by atomic mass is 10.2. The van der Waals surface area contributed by atoms with Gasteiger partial charge in [0.1, 0.15) is 5.58 Å². The maximum atomic E-state index is 13.6. The molecular weight excluding hydrogens is 572 g/mol. The molecule has 3 aromatic heterocycles. The van der Waals surface area contributed by atoms with Gasteiger partial charge in [-0.05, 0) is 80.6 Å². The summed E-state index contributed by atoms with van der Waals surface area (Å²) < 4.78 is 15.2. The van der Waals surface area contributed by atoms with Crippen molar-refractivity contribution in [3.8, 4) is 17.3 Å². The Kier molecular flexibility index (Phi) is 6.43. The molecule has 0 unspecified atom stereocenters.